The lowest BCUT2D eigenvalue weighted by Gasteiger charge is -2.47. The maximum absolute atomic E-state index is 10.0. The fraction of sp³-hybridized carbons (Fsp3) is 0.500. The molecular formula is C24H34N2O2. The fourth-order valence-corrected chi connectivity index (χ4v) is 4.99. The van der Waals surface area contributed by atoms with Crippen LogP contribution in [-0.4, -0.2) is 22.8 Å². The van der Waals surface area contributed by atoms with Crippen LogP contribution in [0, 0.1) is 10.8 Å². The molecule has 1 saturated carbocycles. The van der Waals surface area contributed by atoms with Gasteiger partial charge in [-0.15, -0.1) is 0 Å². The van der Waals surface area contributed by atoms with Crippen LogP contribution in [0.2, 0.25) is 0 Å². The van der Waals surface area contributed by atoms with Crippen molar-refractivity contribution in [2.45, 2.75) is 59.2 Å². The Balaban J connectivity index is 1.59. The highest BCUT2D eigenvalue weighted by atomic mass is 16.3. The minimum absolute atomic E-state index is 0.183. The van der Waals surface area contributed by atoms with Crippen molar-refractivity contribution in [2.75, 3.05) is 6.54 Å². The lowest BCUT2D eigenvalue weighted by Crippen LogP contribution is -2.48. The summed E-state index contributed by atoms with van der Waals surface area (Å²) in [7, 11) is 0. The van der Waals surface area contributed by atoms with Gasteiger partial charge in [0.2, 0.25) is 0 Å². The van der Waals surface area contributed by atoms with Crippen molar-refractivity contribution in [1.82, 2.24) is 10.6 Å². The van der Waals surface area contributed by atoms with Crippen molar-refractivity contribution in [3.05, 3.63) is 59.7 Å². The van der Waals surface area contributed by atoms with E-state index in [-0.39, 0.29) is 10.8 Å². The van der Waals surface area contributed by atoms with Gasteiger partial charge in [-0.25, -0.2) is 0 Å². The van der Waals surface area contributed by atoms with Crippen molar-refractivity contribution in [3.8, 4) is 11.5 Å². The Morgan fingerprint density at radius 2 is 1.43 bits per heavy atom. The van der Waals surface area contributed by atoms with Gasteiger partial charge in [0.1, 0.15) is 11.5 Å². The largest absolute Gasteiger partial charge is 0.508 e. The van der Waals surface area contributed by atoms with E-state index in [2.05, 4.69) is 31.4 Å². The molecule has 2 unspecified atom stereocenters. The monoisotopic (exact) mass is 382 g/mol. The molecule has 2 aromatic carbocycles. The van der Waals surface area contributed by atoms with Crippen molar-refractivity contribution >= 4 is 0 Å². The first-order valence-electron chi connectivity index (χ1n) is 10.2. The Hall–Kier alpha value is -2.04. The van der Waals surface area contributed by atoms with Crippen LogP contribution >= 0.6 is 0 Å². The summed E-state index contributed by atoms with van der Waals surface area (Å²) in [5.74, 6) is 0.712. The standard InChI is InChI=1S/C24H34N2O2/c1-23(2)12-20(26-15-19-9-5-7-11-22(19)28)13-24(3,16-23)17-25-14-18-8-4-6-10-21(18)27/h4-11,20,25-28H,12-17H2,1-3H3. The molecule has 0 bridgehead atoms. The SMILES string of the molecule is CC1(C)CC(NCc2ccccc2O)CC(C)(CNCc2ccccc2O)C1. The van der Waals surface area contributed by atoms with Crippen LogP contribution in [0.25, 0.3) is 0 Å². The van der Waals surface area contributed by atoms with E-state index in [9.17, 15) is 10.2 Å². The Bertz CT molecular complexity index is 790. The Kier molecular flexibility index (Phi) is 6.31. The highest BCUT2D eigenvalue weighted by Gasteiger charge is 2.40. The van der Waals surface area contributed by atoms with E-state index in [0.29, 0.717) is 30.6 Å². The third-order valence-corrected chi connectivity index (χ3v) is 5.88. The molecule has 152 valence electrons. The first kappa shape index (κ1) is 20.7. The second-order valence-corrected chi connectivity index (χ2v) is 9.50. The molecule has 0 aliphatic heterocycles. The quantitative estimate of drug-likeness (QED) is 0.567. The van der Waals surface area contributed by atoms with Crippen LogP contribution < -0.4 is 10.6 Å². The molecule has 2 aromatic rings. The number of para-hydroxylation sites is 2. The number of phenols is 2. The fourth-order valence-electron chi connectivity index (χ4n) is 4.99. The van der Waals surface area contributed by atoms with Gasteiger partial charge in [0.05, 0.1) is 0 Å². The van der Waals surface area contributed by atoms with Gasteiger partial charge >= 0.3 is 0 Å². The molecule has 1 aliphatic rings. The molecule has 1 fully saturated rings. The Morgan fingerprint density at radius 1 is 0.857 bits per heavy atom. The molecule has 1 aliphatic carbocycles. The molecule has 3 rings (SSSR count). The van der Waals surface area contributed by atoms with E-state index >= 15 is 0 Å². The number of hydrogen-bond acceptors (Lipinski definition) is 4. The summed E-state index contributed by atoms with van der Waals surface area (Å²) in [5.41, 5.74) is 2.34. The maximum atomic E-state index is 10.0. The highest BCUT2D eigenvalue weighted by Crippen LogP contribution is 2.46. The summed E-state index contributed by atoms with van der Waals surface area (Å²) in [6.45, 7) is 9.34. The second kappa shape index (κ2) is 8.54. The van der Waals surface area contributed by atoms with E-state index in [4.69, 9.17) is 0 Å². The predicted molar refractivity (Wildman–Crippen MR) is 114 cm³/mol. The number of rotatable bonds is 7. The molecule has 0 amide bonds. The molecule has 4 N–H and O–H groups in total. The van der Waals surface area contributed by atoms with E-state index in [1.54, 1.807) is 12.1 Å². The van der Waals surface area contributed by atoms with E-state index < -0.39 is 0 Å². The van der Waals surface area contributed by atoms with Crippen LogP contribution in [0.4, 0.5) is 0 Å². The lowest BCUT2D eigenvalue weighted by molar-refractivity contribution is 0.0693. The summed E-state index contributed by atoms with van der Waals surface area (Å²) in [6.07, 6.45) is 3.40. The third-order valence-electron chi connectivity index (χ3n) is 5.88. The average Bonchev–Trinajstić information content (AvgIpc) is 2.61. The van der Waals surface area contributed by atoms with Crippen LogP contribution in [0.1, 0.15) is 51.2 Å². The van der Waals surface area contributed by atoms with Crippen LogP contribution in [0.5, 0.6) is 11.5 Å². The molecule has 2 atom stereocenters. The molecular weight excluding hydrogens is 348 g/mol. The Morgan fingerprint density at radius 3 is 2.04 bits per heavy atom. The molecule has 0 radical (unpaired) electrons. The van der Waals surface area contributed by atoms with Gasteiger partial charge in [-0.2, -0.15) is 0 Å². The third kappa shape index (κ3) is 5.49. The summed E-state index contributed by atoms with van der Waals surface area (Å²) < 4.78 is 0. The van der Waals surface area contributed by atoms with Gasteiger partial charge in [0, 0.05) is 36.8 Å². The molecule has 0 heterocycles. The van der Waals surface area contributed by atoms with E-state index in [1.165, 1.54) is 6.42 Å². The van der Waals surface area contributed by atoms with Crippen molar-refractivity contribution < 1.29 is 10.2 Å². The van der Waals surface area contributed by atoms with Gasteiger partial charge in [0.25, 0.3) is 0 Å². The second-order valence-electron chi connectivity index (χ2n) is 9.50. The van der Waals surface area contributed by atoms with Crippen molar-refractivity contribution in [2.24, 2.45) is 10.8 Å². The zero-order valence-electron chi connectivity index (χ0n) is 17.3. The maximum Gasteiger partial charge on any atom is 0.120 e. The van der Waals surface area contributed by atoms with Gasteiger partial charge in [-0.1, -0.05) is 57.2 Å². The smallest absolute Gasteiger partial charge is 0.120 e. The summed E-state index contributed by atoms with van der Waals surface area (Å²) in [6, 6.07) is 15.5. The van der Waals surface area contributed by atoms with Gasteiger partial charge in [-0.05, 0) is 42.2 Å². The first-order valence-corrected chi connectivity index (χ1v) is 10.2. The van der Waals surface area contributed by atoms with Gasteiger partial charge < -0.3 is 20.8 Å². The summed E-state index contributed by atoms with van der Waals surface area (Å²) in [5, 5.41) is 27.2. The number of benzene rings is 2. The Labute approximate surface area is 169 Å². The molecule has 0 spiro atoms. The predicted octanol–water partition coefficient (Wildman–Crippen LogP) is 4.56. The average molecular weight is 383 g/mol. The topological polar surface area (TPSA) is 64.5 Å². The number of nitrogens with one attached hydrogen (secondary N) is 2. The summed E-state index contributed by atoms with van der Waals surface area (Å²) in [4.78, 5) is 0. The van der Waals surface area contributed by atoms with Gasteiger partial charge in [-0.3, -0.25) is 0 Å². The van der Waals surface area contributed by atoms with Crippen LogP contribution in [0.15, 0.2) is 48.5 Å². The van der Waals surface area contributed by atoms with Crippen molar-refractivity contribution in [1.29, 1.82) is 0 Å². The lowest BCUT2D eigenvalue weighted by atomic mass is 9.62. The summed E-state index contributed by atoms with van der Waals surface area (Å²) >= 11 is 0. The zero-order chi connectivity index (χ0) is 20.2. The minimum atomic E-state index is 0.183. The van der Waals surface area contributed by atoms with E-state index in [0.717, 1.165) is 30.5 Å². The molecule has 0 aromatic heterocycles. The minimum Gasteiger partial charge on any atom is -0.508 e. The van der Waals surface area contributed by atoms with Crippen molar-refractivity contribution in [3.63, 3.8) is 0 Å². The molecule has 28 heavy (non-hydrogen) atoms. The first-order chi connectivity index (χ1) is 13.3. The highest BCUT2D eigenvalue weighted by molar-refractivity contribution is 5.32. The number of phenolic OH excluding ortho intramolecular Hbond substituents is 2. The van der Waals surface area contributed by atoms with E-state index in [1.807, 2.05) is 36.4 Å². The van der Waals surface area contributed by atoms with Gasteiger partial charge in [0.15, 0.2) is 0 Å². The zero-order valence-corrected chi connectivity index (χ0v) is 17.3. The van der Waals surface area contributed by atoms with Crippen LogP contribution in [-0.2, 0) is 13.1 Å². The normalized spacial score (nSPS) is 24.2. The number of hydrogen-bond donors (Lipinski definition) is 4. The van der Waals surface area contributed by atoms with Crippen LogP contribution in [0.3, 0.4) is 0 Å². The molecule has 0 saturated heterocycles. The number of aromatic hydroxyl groups is 2. The molecule has 4 nitrogen and oxygen atoms in total. The molecule has 4 heteroatoms.